The molecule has 0 spiro atoms. The summed E-state index contributed by atoms with van der Waals surface area (Å²) in [5.74, 6) is 2.45. The van der Waals surface area contributed by atoms with Crippen LogP contribution in [-0.4, -0.2) is 42.9 Å². The molecule has 1 unspecified atom stereocenters. The van der Waals surface area contributed by atoms with Crippen LogP contribution in [-0.2, 0) is 11.3 Å². The van der Waals surface area contributed by atoms with Crippen LogP contribution in [0.2, 0.25) is 0 Å². The smallest absolute Gasteiger partial charge is 0.234 e. The molecule has 2 heterocycles. The van der Waals surface area contributed by atoms with Crippen LogP contribution in [0.25, 0.3) is 0 Å². The van der Waals surface area contributed by atoms with Crippen molar-refractivity contribution in [3.63, 3.8) is 0 Å². The molecule has 132 valence electrons. The first kappa shape index (κ1) is 17.4. The molecule has 3 rings (SSSR count). The number of thioether (sulfide) groups is 1. The fraction of sp³-hybridized carbons (Fsp3) is 0.333. The summed E-state index contributed by atoms with van der Waals surface area (Å²) in [5.41, 5.74) is 1.87. The van der Waals surface area contributed by atoms with Crippen LogP contribution in [0.4, 0.5) is 0 Å². The summed E-state index contributed by atoms with van der Waals surface area (Å²) in [5, 5.41) is -0.0491. The number of ether oxygens (including phenoxy) is 3. The van der Waals surface area contributed by atoms with E-state index in [9.17, 15) is 4.79 Å². The van der Waals surface area contributed by atoms with Gasteiger partial charge in [-0.3, -0.25) is 9.78 Å². The minimum absolute atomic E-state index is 0.0491. The molecule has 1 aromatic heterocycles. The fourth-order valence-corrected chi connectivity index (χ4v) is 4.02. The maximum absolute atomic E-state index is 12.5. The molecule has 1 saturated heterocycles. The molecular weight excluding hydrogens is 340 g/mol. The maximum Gasteiger partial charge on any atom is 0.234 e. The van der Waals surface area contributed by atoms with E-state index in [2.05, 4.69) is 4.98 Å². The second-order valence-electron chi connectivity index (χ2n) is 5.48. The van der Waals surface area contributed by atoms with E-state index in [1.165, 1.54) is 0 Å². The summed E-state index contributed by atoms with van der Waals surface area (Å²) in [7, 11) is 4.78. The predicted octanol–water partition coefficient (Wildman–Crippen LogP) is 2.88. The molecule has 6 nitrogen and oxygen atoms in total. The number of carbonyl (C=O) groups is 1. The topological polar surface area (TPSA) is 60.9 Å². The van der Waals surface area contributed by atoms with Crippen LogP contribution in [0.5, 0.6) is 17.2 Å². The Balaban J connectivity index is 1.96. The highest BCUT2D eigenvalue weighted by atomic mass is 32.2. The van der Waals surface area contributed by atoms with Gasteiger partial charge < -0.3 is 19.1 Å². The molecular formula is C18H20N2O4S. The van der Waals surface area contributed by atoms with Crippen LogP contribution in [0.15, 0.2) is 36.7 Å². The first-order valence-corrected chi connectivity index (χ1v) is 8.82. The van der Waals surface area contributed by atoms with E-state index in [4.69, 9.17) is 14.2 Å². The Bertz CT molecular complexity index is 729. The molecule has 0 saturated carbocycles. The van der Waals surface area contributed by atoms with Crippen LogP contribution >= 0.6 is 11.8 Å². The third-order valence-electron chi connectivity index (χ3n) is 4.10. The molecule has 2 aromatic rings. The molecule has 0 bridgehead atoms. The zero-order valence-corrected chi connectivity index (χ0v) is 15.2. The van der Waals surface area contributed by atoms with Crippen LogP contribution in [0, 0.1) is 0 Å². The molecule has 25 heavy (non-hydrogen) atoms. The molecule has 1 fully saturated rings. The Morgan fingerprint density at radius 2 is 1.76 bits per heavy atom. The standard InChI is InChI=1S/C18H20N2O4S/c1-22-13-8-15(23-2)14(16(9-13)24-3)10-20-17(21)11-25-18(20)12-4-6-19-7-5-12/h4-9,18H,10-11H2,1-3H3. The van der Waals surface area contributed by atoms with Crippen molar-refractivity contribution in [2.75, 3.05) is 27.1 Å². The highest BCUT2D eigenvalue weighted by Crippen LogP contribution is 2.42. The Kier molecular flexibility index (Phi) is 5.33. The van der Waals surface area contributed by atoms with Crippen molar-refractivity contribution in [2.45, 2.75) is 11.9 Å². The average molecular weight is 360 g/mol. The summed E-state index contributed by atoms with van der Waals surface area (Å²) in [6.07, 6.45) is 3.48. The van der Waals surface area contributed by atoms with E-state index in [1.807, 2.05) is 17.0 Å². The number of benzene rings is 1. The third kappa shape index (κ3) is 3.51. The van der Waals surface area contributed by atoms with Crippen LogP contribution < -0.4 is 14.2 Å². The molecule has 0 N–H and O–H groups in total. The lowest BCUT2D eigenvalue weighted by molar-refractivity contribution is -0.128. The number of amides is 1. The van der Waals surface area contributed by atoms with Gasteiger partial charge in [-0.2, -0.15) is 0 Å². The van der Waals surface area contributed by atoms with Gasteiger partial charge in [-0.05, 0) is 17.7 Å². The van der Waals surface area contributed by atoms with Crippen molar-refractivity contribution < 1.29 is 19.0 Å². The van der Waals surface area contributed by atoms with E-state index in [1.54, 1.807) is 57.6 Å². The van der Waals surface area contributed by atoms with Crippen molar-refractivity contribution in [3.05, 3.63) is 47.8 Å². The zero-order chi connectivity index (χ0) is 17.8. The summed E-state index contributed by atoms with van der Waals surface area (Å²) in [4.78, 5) is 18.4. The predicted molar refractivity (Wildman–Crippen MR) is 96.1 cm³/mol. The van der Waals surface area contributed by atoms with E-state index in [-0.39, 0.29) is 11.3 Å². The number of nitrogens with zero attached hydrogens (tertiary/aromatic N) is 2. The number of carbonyl (C=O) groups excluding carboxylic acids is 1. The first-order valence-electron chi connectivity index (χ1n) is 7.77. The normalized spacial score (nSPS) is 16.8. The summed E-state index contributed by atoms with van der Waals surface area (Å²) in [6, 6.07) is 7.47. The van der Waals surface area contributed by atoms with Gasteiger partial charge in [0.1, 0.15) is 22.6 Å². The van der Waals surface area contributed by atoms with Gasteiger partial charge in [0.25, 0.3) is 0 Å². The lowest BCUT2D eigenvalue weighted by Gasteiger charge is -2.26. The molecule has 0 aliphatic carbocycles. The zero-order valence-electron chi connectivity index (χ0n) is 14.4. The summed E-state index contributed by atoms with van der Waals surface area (Å²) >= 11 is 1.61. The van der Waals surface area contributed by atoms with Gasteiger partial charge in [0.2, 0.25) is 5.91 Å². The van der Waals surface area contributed by atoms with Gasteiger partial charge in [0.05, 0.1) is 39.2 Å². The third-order valence-corrected chi connectivity index (χ3v) is 5.36. The molecule has 1 amide bonds. The lowest BCUT2D eigenvalue weighted by Crippen LogP contribution is -2.28. The maximum atomic E-state index is 12.5. The Hall–Kier alpha value is -2.41. The first-order chi connectivity index (χ1) is 12.2. The largest absolute Gasteiger partial charge is 0.496 e. The molecule has 1 aromatic carbocycles. The van der Waals surface area contributed by atoms with Gasteiger partial charge in [0.15, 0.2) is 0 Å². The number of methoxy groups -OCH3 is 3. The minimum atomic E-state index is -0.0491. The van der Waals surface area contributed by atoms with E-state index < -0.39 is 0 Å². The van der Waals surface area contributed by atoms with Crippen molar-refractivity contribution in [1.29, 1.82) is 0 Å². The highest BCUT2D eigenvalue weighted by molar-refractivity contribution is 8.00. The van der Waals surface area contributed by atoms with Crippen molar-refractivity contribution in [3.8, 4) is 17.2 Å². The van der Waals surface area contributed by atoms with E-state index >= 15 is 0 Å². The lowest BCUT2D eigenvalue weighted by atomic mass is 10.1. The fourth-order valence-electron chi connectivity index (χ4n) is 2.83. The van der Waals surface area contributed by atoms with Gasteiger partial charge in [0, 0.05) is 24.5 Å². The monoisotopic (exact) mass is 360 g/mol. The summed E-state index contributed by atoms with van der Waals surface area (Å²) in [6.45, 7) is 0.398. The van der Waals surface area contributed by atoms with Crippen molar-refractivity contribution in [1.82, 2.24) is 9.88 Å². The quantitative estimate of drug-likeness (QED) is 0.789. The van der Waals surface area contributed by atoms with Crippen molar-refractivity contribution in [2.24, 2.45) is 0 Å². The van der Waals surface area contributed by atoms with Gasteiger partial charge >= 0.3 is 0 Å². The van der Waals surface area contributed by atoms with Gasteiger partial charge in [-0.25, -0.2) is 0 Å². The van der Waals surface area contributed by atoms with Crippen LogP contribution in [0.3, 0.4) is 0 Å². The van der Waals surface area contributed by atoms with E-state index in [0.29, 0.717) is 29.5 Å². The molecule has 1 aliphatic heterocycles. The Morgan fingerprint density at radius 1 is 1.12 bits per heavy atom. The SMILES string of the molecule is COc1cc(OC)c(CN2C(=O)CSC2c2ccncc2)c(OC)c1. The number of rotatable bonds is 6. The highest BCUT2D eigenvalue weighted by Gasteiger charge is 2.34. The van der Waals surface area contributed by atoms with Gasteiger partial charge in [-0.1, -0.05) is 0 Å². The molecule has 1 aliphatic rings. The number of hydrogen-bond donors (Lipinski definition) is 0. The Morgan fingerprint density at radius 3 is 2.32 bits per heavy atom. The number of aromatic nitrogens is 1. The van der Waals surface area contributed by atoms with Crippen LogP contribution in [0.1, 0.15) is 16.5 Å². The molecule has 7 heteroatoms. The second-order valence-corrected chi connectivity index (χ2v) is 6.54. The number of pyridine rings is 1. The molecule has 1 atom stereocenters. The summed E-state index contributed by atoms with van der Waals surface area (Å²) < 4.78 is 16.3. The average Bonchev–Trinajstić information content (AvgIpc) is 3.03. The molecule has 0 radical (unpaired) electrons. The minimum Gasteiger partial charge on any atom is -0.496 e. The number of hydrogen-bond acceptors (Lipinski definition) is 6. The van der Waals surface area contributed by atoms with Crippen molar-refractivity contribution >= 4 is 17.7 Å². The second kappa shape index (κ2) is 7.65. The Labute approximate surface area is 151 Å². The van der Waals surface area contributed by atoms with E-state index in [0.717, 1.165) is 11.1 Å². The van der Waals surface area contributed by atoms with Gasteiger partial charge in [-0.15, -0.1) is 11.8 Å².